The lowest BCUT2D eigenvalue weighted by molar-refractivity contribution is 0.0945. The zero-order chi connectivity index (χ0) is 17.6. The van der Waals surface area contributed by atoms with Crippen molar-refractivity contribution in [1.82, 2.24) is 14.9 Å². The molecule has 1 aliphatic heterocycles. The summed E-state index contributed by atoms with van der Waals surface area (Å²) in [5.41, 5.74) is 7.57. The maximum atomic E-state index is 12.5. The number of hydrogen-bond acceptors (Lipinski definition) is 8. The van der Waals surface area contributed by atoms with Crippen molar-refractivity contribution in [2.75, 3.05) is 11.2 Å². The first-order valence-electron chi connectivity index (χ1n) is 7.22. The molecular formula is C15H11N7O3. The minimum absolute atomic E-state index is 0.0136. The average molecular weight is 337 g/mol. The number of carbonyl (C=O) groups excluding carboxylic acids is 1. The van der Waals surface area contributed by atoms with Crippen LogP contribution in [0, 0.1) is 0 Å². The zero-order valence-electron chi connectivity index (χ0n) is 12.6. The van der Waals surface area contributed by atoms with Gasteiger partial charge in [0.15, 0.2) is 12.0 Å². The van der Waals surface area contributed by atoms with Gasteiger partial charge in [-0.2, -0.15) is 5.10 Å². The zero-order valence-corrected chi connectivity index (χ0v) is 12.6. The fourth-order valence-corrected chi connectivity index (χ4v) is 2.62. The minimum Gasteiger partial charge on any atom is -0.394 e. The third-order valence-electron chi connectivity index (χ3n) is 3.83. The third-order valence-corrected chi connectivity index (χ3v) is 3.83. The van der Waals surface area contributed by atoms with Crippen LogP contribution in [0.15, 0.2) is 51.7 Å². The molecule has 0 saturated carbocycles. The van der Waals surface area contributed by atoms with Crippen LogP contribution in [-0.2, 0) is 0 Å². The van der Waals surface area contributed by atoms with Gasteiger partial charge in [-0.1, -0.05) is 24.3 Å². The number of anilines is 2. The van der Waals surface area contributed by atoms with Crippen molar-refractivity contribution >= 4 is 28.2 Å². The molecule has 1 aliphatic rings. The van der Waals surface area contributed by atoms with Gasteiger partial charge in [-0.05, 0) is 0 Å². The predicted octanol–water partition coefficient (Wildman–Crippen LogP) is 0.846. The number of carbonyl (C=O) groups is 1. The van der Waals surface area contributed by atoms with Gasteiger partial charge in [0.2, 0.25) is 0 Å². The summed E-state index contributed by atoms with van der Waals surface area (Å²) in [6.07, 6.45) is 1.35. The van der Waals surface area contributed by atoms with Crippen LogP contribution in [0.4, 0.5) is 11.5 Å². The van der Waals surface area contributed by atoms with E-state index < -0.39 is 17.7 Å². The van der Waals surface area contributed by atoms with E-state index in [-0.39, 0.29) is 16.8 Å². The maximum absolute atomic E-state index is 12.5. The van der Waals surface area contributed by atoms with E-state index in [4.69, 9.17) is 5.73 Å². The van der Waals surface area contributed by atoms with Crippen molar-refractivity contribution in [3.63, 3.8) is 0 Å². The molecule has 3 aromatic rings. The van der Waals surface area contributed by atoms with Crippen LogP contribution in [0.1, 0.15) is 22.1 Å². The number of aromatic nitrogens is 3. The van der Waals surface area contributed by atoms with Gasteiger partial charge in [0.1, 0.15) is 5.69 Å². The summed E-state index contributed by atoms with van der Waals surface area (Å²) < 4.78 is 1.01. The Hall–Kier alpha value is -3.66. The molecule has 0 aliphatic carbocycles. The molecule has 0 radical (unpaired) electrons. The molecule has 10 heteroatoms. The summed E-state index contributed by atoms with van der Waals surface area (Å²) in [7, 11) is 0. The molecule has 0 fully saturated rings. The van der Waals surface area contributed by atoms with E-state index in [9.17, 15) is 14.7 Å². The van der Waals surface area contributed by atoms with Crippen molar-refractivity contribution in [2.45, 2.75) is 6.23 Å². The fourth-order valence-electron chi connectivity index (χ4n) is 2.62. The van der Waals surface area contributed by atoms with Crippen molar-refractivity contribution in [3.8, 4) is 0 Å². The van der Waals surface area contributed by atoms with E-state index in [1.54, 1.807) is 6.20 Å². The Kier molecular flexibility index (Phi) is 3.25. The number of nitrogen functional groups attached to an aromatic ring is 1. The van der Waals surface area contributed by atoms with Crippen LogP contribution in [-0.4, -0.2) is 25.9 Å². The van der Waals surface area contributed by atoms with Gasteiger partial charge in [0.05, 0.1) is 11.8 Å². The summed E-state index contributed by atoms with van der Waals surface area (Å²) in [4.78, 5) is 24.4. The second-order valence-corrected chi connectivity index (χ2v) is 5.33. The maximum Gasteiger partial charge on any atom is 0.297 e. The highest BCUT2D eigenvalue weighted by atomic mass is 16.3. The van der Waals surface area contributed by atoms with E-state index in [1.807, 2.05) is 24.3 Å². The lowest BCUT2D eigenvalue weighted by Gasteiger charge is -2.18. The molecular weight excluding hydrogens is 326 g/mol. The summed E-state index contributed by atoms with van der Waals surface area (Å²) in [5.74, 6) is -0.392. The monoisotopic (exact) mass is 337 g/mol. The normalized spacial score (nSPS) is 16.0. The van der Waals surface area contributed by atoms with Gasteiger partial charge in [-0.15, -0.1) is 15.3 Å². The number of azo groups is 1. The summed E-state index contributed by atoms with van der Waals surface area (Å²) in [6.45, 7) is 0. The highest BCUT2D eigenvalue weighted by molar-refractivity contribution is 5.98. The number of fused-ring (bicyclic) bond motifs is 2. The van der Waals surface area contributed by atoms with Crippen molar-refractivity contribution < 1.29 is 9.90 Å². The largest absolute Gasteiger partial charge is 0.394 e. The lowest BCUT2D eigenvalue weighted by Crippen LogP contribution is -2.32. The summed E-state index contributed by atoms with van der Waals surface area (Å²) in [6, 6.07) is 7.32. The third kappa shape index (κ3) is 2.32. The van der Waals surface area contributed by atoms with Gasteiger partial charge in [-0.3, -0.25) is 15.0 Å². The molecule has 1 amide bonds. The number of nitrogens with one attached hydrogen (secondary N) is 1. The van der Waals surface area contributed by atoms with Crippen LogP contribution in [0.25, 0.3) is 10.8 Å². The fraction of sp³-hybridized carbons (Fsp3) is 0.0667. The Morgan fingerprint density at radius 3 is 2.88 bits per heavy atom. The number of nitrogens with zero attached hydrogens (tertiary/aromatic N) is 5. The van der Waals surface area contributed by atoms with E-state index in [1.165, 1.54) is 6.20 Å². The van der Waals surface area contributed by atoms with Crippen LogP contribution >= 0.6 is 0 Å². The van der Waals surface area contributed by atoms with Crippen molar-refractivity contribution in [3.05, 3.63) is 58.1 Å². The molecule has 0 saturated heterocycles. The van der Waals surface area contributed by atoms with Crippen molar-refractivity contribution in [1.29, 1.82) is 0 Å². The lowest BCUT2D eigenvalue weighted by atomic mass is 10.1. The Morgan fingerprint density at radius 1 is 1.24 bits per heavy atom. The van der Waals surface area contributed by atoms with Crippen molar-refractivity contribution in [2.24, 2.45) is 10.2 Å². The Bertz CT molecular complexity index is 1100. The Morgan fingerprint density at radius 2 is 2.04 bits per heavy atom. The first-order valence-corrected chi connectivity index (χ1v) is 7.22. The molecule has 1 aromatic carbocycles. The molecule has 0 bridgehead atoms. The first kappa shape index (κ1) is 14.9. The quantitative estimate of drug-likeness (QED) is 0.627. The molecule has 0 spiro atoms. The number of amides is 1. The first-order chi connectivity index (χ1) is 12.1. The van der Waals surface area contributed by atoms with Gasteiger partial charge in [0, 0.05) is 22.5 Å². The molecule has 3 heterocycles. The molecule has 1 atom stereocenters. The van der Waals surface area contributed by atoms with E-state index >= 15 is 0 Å². The van der Waals surface area contributed by atoms with Gasteiger partial charge in [0.25, 0.3) is 11.5 Å². The van der Waals surface area contributed by atoms with E-state index in [0.717, 1.165) is 15.4 Å². The van der Waals surface area contributed by atoms with Gasteiger partial charge < -0.3 is 10.8 Å². The smallest absolute Gasteiger partial charge is 0.297 e. The Labute approximate surface area is 139 Å². The van der Waals surface area contributed by atoms with E-state index in [2.05, 4.69) is 25.9 Å². The molecule has 10 nitrogen and oxygen atoms in total. The topological polar surface area (TPSA) is 148 Å². The number of hydrogen-bond donors (Lipinski definition) is 3. The van der Waals surface area contributed by atoms with Crippen LogP contribution in [0.5, 0.6) is 0 Å². The number of pyridine rings is 1. The number of rotatable bonds is 2. The number of aliphatic hydroxyl groups is 1. The molecule has 124 valence electrons. The van der Waals surface area contributed by atoms with Crippen LogP contribution in [0.3, 0.4) is 0 Å². The molecule has 2 aromatic heterocycles. The summed E-state index contributed by atoms with van der Waals surface area (Å²) >= 11 is 0. The van der Waals surface area contributed by atoms with Crippen LogP contribution in [0.2, 0.25) is 0 Å². The van der Waals surface area contributed by atoms with Crippen LogP contribution < -0.4 is 16.7 Å². The highest BCUT2D eigenvalue weighted by Gasteiger charge is 2.28. The van der Waals surface area contributed by atoms with Gasteiger partial charge in [-0.25, -0.2) is 4.68 Å². The predicted molar refractivity (Wildman–Crippen MR) is 87.8 cm³/mol. The molecule has 4 N–H and O–H groups in total. The molecule has 4 rings (SSSR count). The number of nitrogens with two attached hydrogens (primary N) is 1. The number of benzene rings is 1. The standard InChI is InChI=1S/C15H11N7O3/c16-11-10-9(13(23)19-20-14(10)24)6-22(15(11)25)21-12-8-4-2-1-3-7(8)5-17-18-12/h1-6,14,24H,16H2,(H,18,21). The minimum atomic E-state index is -1.45. The van der Waals surface area contributed by atoms with E-state index in [0.29, 0.717) is 5.82 Å². The molecule has 1 unspecified atom stereocenters. The summed E-state index contributed by atoms with van der Waals surface area (Å²) in [5, 5.41) is 25.9. The number of aliphatic hydroxyl groups excluding tert-OH is 1. The second-order valence-electron chi connectivity index (χ2n) is 5.33. The van der Waals surface area contributed by atoms with Gasteiger partial charge >= 0.3 is 0 Å². The SMILES string of the molecule is Nc1c2c(cn(Nc3nncc4ccccc34)c1=O)C(=O)N=NC2O. The highest BCUT2D eigenvalue weighted by Crippen LogP contribution is 2.28. The average Bonchev–Trinajstić information content (AvgIpc) is 2.62. The Balaban J connectivity index is 1.87. The molecule has 25 heavy (non-hydrogen) atoms. The second kappa shape index (κ2) is 5.46.